The maximum atomic E-state index is 12.5. The van der Waals surface area contributed by atoms with Gasteiger partial charge in [0.2, 0.25) is 0 Å². The molecule has 30 heavy (non-hydrogen) atoms. The lowest BCUT2D eigenvalue weighted by atomic mass is 10.1. The predicted octanol–water partition coefficient (Wildman–Crippen LogP) is 3.96. The molecule has 0 fully saturated rings. The normalized spacial score (nSPS) is 10.2. The van der Waals surface area contributed by atoms with Crippen molar-refractivity contribution in [1.29, 1.82) is 0 Å². The standard InChI is InChI=1S/C22H27N5O3/c1-5-27(6-2)14-13-24-21(28)19-12-11-18(15-20(19)30-4)26-22(29)25-17-9-7-16(23-3)8-10-17/h7-12,15H,5-6,13-14H2,1-2,4H3,(H,24,28)(H2,25,26,29). The van der Waals surface area contributed by atoms with Crippen molar-refractivity contribution in [3.63, 3.8) is 0 Å². The second kappa shape index (κ2) is 11.4. The fourth-order valence-corrected chi connectivity index (χ4v) is 2.83. The highest BCUT2D eigenvalue weighted by Gasteiger charge is 2.14. The lowest BCUT2D eigenvalue weighted by Crippen LogP contribution is -2.34. The molecule has 0 aliphatic rings. The van der Waals surface area contributed by atoms with Crippen LogP contribution in [-0.4, -0.2) is 50.1 Å². The lowest BCUT2D eigenvalue weighted by Gasteiger charge is -2.18. The van der Waals surface area contributed by atoms with E-state index >= 15 is 0 Å². The van der Waals surface area contributed by atoms with Gasteiger partial charge in [0.25, 0.3) is 5.91 Å². The molecule has 2 rings (SSSR count). The maximum absolute atomic E-state index is 12.5. The van der Waals surface area contributed by atoms with Crippen LogP contribution < -0.4 is 20.7 Å². The number of anilines is 2. The highest BCUT2D eigenvalue weighted by molar-refractivity contribution is 6.01. The third kappa shape index (κ3) is 6.50. The van der Waals surface area contributed by atoms with Crippen LogP contribution in [0.4, 0.5) is 21.9 Å². The van der Waals surface area contributed by atoms with Gasteiger partial charge in [0, 0.05) is 30.5 Å². The number of ether oxygens (including phenoxy) is 1. The molecule has 0 atom stereocenters. The van der Waals surface area contributed by atoms with Crippen LogP contribution in [0.25, 0.3) is 4.85 Å². The molecule has 0 bridgehead atoms. The minimum absolute atomic E-state index is 0.227. The van der Waals surface area contributed by atoms with Crippen molar-refractivity contribution in [1.82, 2.24) is 10.2 Å². The van der Waals surface area contributed by atoms with Crippen molar-refractivity contribution in [2.24, 2.45) is 0 Å². The van der Waals surface area contributed by atoms with E-state index in [4.69, 9.17) is 11.3 Å². The first-order chi connectivity index (χ1) is 14.5. The average Bonchev–Trinajstić information content (AvgIpc) is 2.77. The van der Waals surface area contributed by atoms with E-state index in [9.17, 15) is 9.59 Å². The van der Waals surface area contributed by atoms with Gasteiger partial charge in [-0.1, -0.05) is 26.0 Å². The number of benzene rings is 2. The first-order valence-corrected chi connectivity index (χ1v) is 9.74. The van der Waals surface area contributed by atoms with Crippen LogP contribution in [0.5, 0.6) is 5.75 Å². The van der Waals surface area contributed by atoms with E-state index in [1.807, 2.05) is 0 Å². The third-order valence-corrected chi connectivity index (χ3v) is 4.57. The summed E-state index contributed by atoms with van der Waals surface area (Å²) in [6, 6.07) is 11.0. The van der Waals surface area contributed by atoms with Crippen molar-refractivity contribution in [3.05, 3.63) is 59.4 Å². The van der Waals surface area contributed by atoms with Gasteiger partial charge in [-0.05, 0) is 37.4 Å². The van der Waals surface area contributed by atoms with Crippen LogP contribution in [0.1, 0.15) is 24.2 Å². The first-order valence-electron chi connectivity index (χ1n) is 9.74. The Morgan fingerprint density at radius 2 is 1.67 bits per heavy atom. The summed E-state index contributed by atoms with van der Waals surface area (Å²) in [5.74, 6) is 0.143. The molecule has 0 unspecified atom stereocenters. The van der Waals surface area contributed by atoms with Gasteiger partial charge < -0.3 is 25.6 Å². The second-order valence-electron chi connectivity index (χ2n) is 6.44. The maximum Gasteiger partial charge on any atom is 0.323 e. The largest absolute Gasteiger partial charge is 0.496 e. The molecule has 2 aromatic carbocycles. The van der Waals surface area contributed by atoms with Gasteiger partial charge in [-0.3, -0.25) is 4.79 Å². The quantitative estimate of drug-likeness (QED) is 0.547. The van der Waals surface area contributed by atoms with E-state index in [0.717, 1.165) is 19.6 Å². The van der Waals surface area contributed by atoms with Crippen molar-refractivity contribution < 1.29 is 14.3 Å². The summed E-state index contributed by atoms with van der Waals surface area (Å²) >= 11 is 0. The highest BCUT2D eigenvalue weighted by atomic mass is 16.5. The lowest BCUT2D eigenvalue weighted by molar-refractivity contribution is 0.0946. The molecule has 0 aliphatic heterocycles. The molecule has 0 aromatic heterocycles. The SMILES string of the molecule is [C-]#[N+]c1ccc(NC(=O)Nc2ccc(C(=O)NCCN(CC)CC)c(OC)c2)cc1. The molecule has 8 nitrogen and oxygen atoms in total. The van der Waals surface area contributed by atoms with Gasteiger partial charge in [-0.2, -0.15) is 0 Å². The van der Waals surface area contributed by atoms with Crippen molar-refractivity contribution in [2.75, 3.05) is 43.9 Å². The number of urea groups is 1. The van der Waals surface area contributed by atoms with Gasteiger partial charge in [0.15, 0.2) is 5.69 Å². The van der Waals surface area contributed by atoms with Crippen LogP contribution in [0.3, 0.4) is 0 Å². The Kier molecular flexibility index (Phi) is 8.66. The molecule has 3 amide bonds. The second-order valence-corrected chi connectivity index (χ2v) is 6.44. The van der Waals surface area contributed by atoms with Crippen LogP contribution in [0, 0.1) is 6.57 Å². The minimum atomic E-state index is -0.441. The molecule has 0 heterocycles. The highest BCUT2D eigenvalue weighted by Crippen LogP contribution is 2.23. The van der Waals surface area contributed by atoms with Crippen molar-refractivity contribution >= 4 is 29.0 Å². The number of rotatable bonds is 9. The zero-order valence-electron chi connectivity index (χ0n) is 17.5. The molecule has 0 saturated heterocycles. The summed E-state index contributed by atoms with van der Waals surface area (Å²) in [5.41, 5.74) is 1.95. The summed E-state index contributed by atoms with van der Waals surface area (Å²) in [5, 5.41) is 8.29. The van der Waals surface area contributed by atoms with Crippen LogP contribution in [0.15, 0.2) is 42.5 Å². The van der Waals surface area contributed by atoms with E-state index < -0.39 is 6.03 Å². The van der Waals surface area contributed by atoms with E-state index in [-0.39, 0.29) is 5.91 Å². The van der Waals surface area contributed by atoms with Crippen molar-refractivity contribution in [2.45, 2.75) is 13.8 Å². The molecular weight excluding hydrogens is 382 g/mol. The Balaban J connectivity index is 1.97. The summed E-state index contributed by atoms with van der Waals surface area (Å²) in [6.07, 6.45) is 0. The number of methoxy groups -OCH3 is 1. The summed E-state index contributed by atoms with van der Waals surface area (Å²) in [6.45, 7) is 14.3. The molecule has 3 N–H and O–H groups in total. The number of nitrogens with zero attached hydrogens (tertiary/aromatic N) is 2. The molecule has 158 valence electrons. The monoisotopic (exact) mass is 409 g/mol. The molecule has 0 radical (unpaired) electrons. The number of nitrogens with one attached hydrogen (secondary N) is 3. The van der Waals surface area contributed by atoms with Crippen LogP contribution >= 0.6 is 0 Å². The van der Waals surface area contributed by atoms with Gasteiger partial charge in [0.05, 0.1) is 19.2 Å². The number of carbonyl (C=O) groups is 2. The Labute approximate surface area is 177 Å². The Hall–Kier alpha value is -3.57. The van der Waals surface area contributed by atoms with E-state index in [2.05, 4.69) is 39.5 Å². The van der Waals surface area contributed by atoms with Crippen molar-refractivity contribution in [3.8, 4) is 5.75 Å². The topological polar surface area (TPSA) is 87.1 Å². The number of likely N-dealkylation sites (N-methyl/N-ethyl adjacent to an activating group) is 1. The first kappa shape index (κ1) is 22.7. The van der Waals surface area contributed by atoms with Crippen LogP contribution in [-0.2, 0) is 0 Å². The van der Waals surface area contributed by atoms with Gasteiger partial charge in [0.1, 0.15) is 5.75 Å². The van der Waals surface area contributed by atoms with Gasteiger partial charge >= 0.3 is 6.03 Å². The van der Waals surface area contributed by atoms with E-state index in [0.29, 0.717) is 34.9 Å². The number of carbonyl (C=O) groups excluding carboxylic acids is 2. The molecule has 0 saturated carbocycles. The fourth-order valence-electron chi connectivity index (χ4n) is 2.83. The molecule has 0 aliphatic carbocycles. The van der Waals surface area contributed by atoms with Gasteiger partial charge in [-0.15, -0.1) is 0 Å². The fraction of sp³-hybridized carbons (Fsp3) is 0.318. The molecule has 2 aromatic rings. The smallest absolute Gasteiger partial charge is 0.323 e. The Morgan fingerprint density at radius 3 is 2.27 bits per heavy atom. The predicted molar refractivity (Wildman–Crippen MR) is 118 cm³/mol. The zero-order chi connectivity index (χ0) is 21.9. The number of hydrogen-bond donors (Lipinski definition) is 3. The summed E-state index contributed by atoms with van der Waals surface area (Å²) in [7, 11) is 1.48. The molecular formula is C22H27N5O3. The van der Waals surface area contributed by atoms with E-state index in [1.54, 1.807) is 42.5 Å². The average molecular weight is 409 g/mol. The van der Waals surface area contributed by atoms with Crippen LogP contribution in [0.2, 0.25) is 0 Å². The van der Waals surface area contributed by atoms with E-state index in [1.165, 1.54) is 7.11 Å². The third-order valence-electron chi connectivity index (χ3n) is 4.57. The minimum Gasteiger partial charge on any atom is -0.496 e. The van der Waals surface area contributed by atoms with Gasteiger partial charge in [-0.25, -0.2) is 9.64 Å². The molecule has 0 spiro atoms. The Bertz CT molecular complexity index is 902. The summed E-state index contributed by atoms with van der Waals surface area (Å²) < 4.78 is 5.33. The zero-order valence-corrected chi connectivity index (χ0v) is 17.5. The molecule has 8 heteroatoms. The summed E-state index contributed by atoms with van der Waals surface area (Å²) in [4.78, 5) is 30.2. The number of hydrogen-bond acceptors (Lipinski definition) is 4. The Morgan fingerprint density at radius 1 is 1.03 bits per heavy atom. The number of amides is 3.